The summed E-state index contributed by atoms with van der Waals surface area (Å²) in [6.45, 7) is 6.47. The highest BCUT2D eigenvalue weighted by Crippen LogP contribution is 2.20. The summed E-state index contributed by atoms with van der Waals surface area (Å²) in [7, 11) is 0. The Hall–Kier alpha value is -1.24. The van der Waals surface area contributed by atoms with Gasteiger partial charge in [0, 0.05) is 13.1 Å². The van der Waals surface area contributed by atoms with E-state index in [-0.39, 0.29) is 0 Å². The zero-order valence-corrected chi connectivity index (χ0v) is 11.8. The second kappa shape index (κ2) is 7.37. The lowest BCUT2D eigenvalue weighted by molar-refractivity contribution is 0.174. The van der Waals surface area contributed by atoms with Gasteiger partial charge in [0.2, 0.25) is 0 Å². The highest BCUT2D eigenvalue weighted by molar-refractivity contribution is 5.51. The van der Waals surface area contributed by atoms with Crippen LogP contribution in [0.4, 0.5) is 11.6 Å². The fourth-order valence-corrected chi connectivity index (χ4v) is 1.74. The van der Waals surface area contributed by atoms with Crippen molar-refractivity contribution >= 4 is 11.6 Å². The zero-order chi connectivity index (χ0) is 14.4. The fourth-order valence-electron chi connectivity index (χ4n) is 1.74. The van der Waals surface area contributed by atoms with Crippen LogP contribution in [0.25, 0.3) is 0 Å². The number of aliphatic hydroxyl groups excluding tert-OH is 3. The molecule has 5 N–H and O–H groups in total. The SMILES string of the molecule is CC(O)CNc1ccc(NCC(C)O)n1CC(C)O. The van der Waals surface area contributed by atoms with Gasteiger partial charge in [-0.05, 0) is 32.9 Å². The number of hydrogen-bond acceptors (Lipinski definition) is 5. The summed E-state index contributed by atoms with van der Waals surface area (Å²) in [5, 5.41) is 34.4. The van der Waals surface area contributed by atoms with Crippen molar-refractivity contribution in [1.29, 1.82) is 0 Å². The Morgan fingerprint density at radius 2 is 1.32 bits per heavy atom. The lowest BCUT2D eigenvalue weighted by Crippen LogP contribution is -2.22. The summed E-state index contributed by atoms with van der Waals surface area (Å²) in [5.41, 5.74) is 0. The predicted molar refractivity (Wildman–Crippen MR) is 76.5 cm³/mol. The second-order valence-electron chi connectivity index (χ2n) is 5.02. The third kappa shape index (κ3) is 5.50. The largest absolute Gasteiger partial charge is 0.392 e. The van der Waals surface area contributed by atoms with Crippen LogP contribution in [0, 0.1) is 0 Å². The molecule has 0 radical (unpaired) electrons. The molecule has 0 aliphatic rings. The zero-order valence-electron chi connectivity index (χ0n) is 11.8. The Kier molecular flexibility index (Phi) is 6.14. The summed E-state index contributed by atoms with van der Waals surface area (Å²) in [5.74, 6) is 1.66. The van der Waals surface area contributed by atoms with Crippen LogP contribution in [0.5, 0.6) is 0 Å². The van der Waals surface area contributed by atoms with Gasteiger partial charge in [-0.25, -0.2) is 0 Å². The smallest absolute Gasteiger partial charge is 0.107 e. The first-order valence-electron chi connectivity index (χ1n) is 6.61. The molecule has 1 rings (SSSR count). The number of anilines is 2. The van der Waals surface area contributed by atoms with Crippen LogP contribution in [0.1, 0.15) is 20.8 Å². The number of nitrogens with zero attached hydrogens (tertiary/aromatic N) is 1. The number of hydrogen-bond donors (Lipinski definition) is 5. The predicted octanol–water partition coefficient (Wildman–Crippen LogP) is 0.454. The van der Waals surface area contributed by atoms with E-state index >= 15 is 0 Å². The van der Waals surface area contributed by atoms with Crippen LogP contribution in [0.15, 0.2) is 12.1 Å². The van der Waals surface area contributed by atoms with Crippen molar-refractivity contribution in [3.05, 3.63) is 12.1 Å². The van der Waals surface area contributed by atoms with Gasteiger partial charge in [-0.3, -0.25) is 0 Å². The van der Waals surface area contributed by atoms with Crippen LogP contribution >= 0.6 is 0 Å². The molecule has 6 heteroatoms. The van der Waals surface area contributed by atoms with Crippen molar-refractivity contribution in [2.24, 2.45) is 0 Å². The number of nitrogens with one attached hydrogen (secondary N) is 2. The summed E-state index contributed by atoms with van der Waals surface area (Å²) >= 11 is 0. The second-order valence-corrected chi connectivity index (χ2v) is 5.02. The first kappa shape index (κ1) is 15.8. The Labute approximate surface area is 114 Å². The van der Waals surface area contributed by atoms with Crippen molar-refractivity contribution in [3.8, 4) is 0 Å². The summed E-state index contributed by atoms with van der Waals surface area (Å²) in [4.78, 5) is 0. The average Bonchev–Trinajstić information content (AvgIpc) is 2.65. The first-order valence-corrected chi connectivity index (χ1v) is 6.61. The maximum atomic E-state index is 9.55. The van der Waals surface area contributed by atoms with E-state index in [0.29, 0.717) is 19.6 Å². The van der Waals surface area contributed by atoms with E-state index in [1.807, 2.05) is 16.7 Å². The van der Waals surface area contributed by atoms with Crippen molar-refractivity contribution in [2.45, 2.75) is 45.6 Å². The molecule has 0 bridgehead atoms. The highest BCUT2D eigenvalue weighted by Gasteiger charge is 2.11. The molecule has 0 spiro atoms. The topological polar surface area (TPSA) is 89.7 Å². The Morgan fingerprint density at radius 1 is 0.895 bits per heavy atom. The van der Waals surface area contributed by atoms with E-state index in [1.165, 1.54) is 0 Å². The van der Waals surface area contributed by atoms with Gasteiger partial charge in [-0.15, -0.1) is 0 Å². The average molecular weight is 271 g/mol. The number of rotatable bonds is 8. The molecule has 0 aliphatic heterocycles. The Bertz CT molecular complexity index is 346. The third-order valence-electron chi connectivity index (χ3n) is 2.58. The van der Waals surface area contributed by atoms with E-state index in [0.717, 1.165) is 11.6 Å². The monoisotopic (exact) mass is 271 g/mol. The molecule has 1 aromatic heterocycles. The van der Waals surface area contributed by atoms with Gasteiger partial charge < -0.3 is 30.5 Å². The molecule has 3 atom stereocenters. The maximum Gasteiger partial charge on any atom is 0.107 e. The lowest BCUT2D eigenvalue weighted by Gasteiger charge is -2.18. The number of aliphatic hydroxyl groups is 3. The highest BCUT2D eigenvalue weighted by atomic mass is 16.3. The minimum Gasteiger partial charge on any atom is -0.392 e. The molecule has 0 amide bonds. The molecule has 0 aliphatic carbocycles. The van der Waals surface area contributed by atoms with Crippen molar-refractivity contribution < 1.29 is 15.3 Å². The van der Waals surface area contributed by atoms with Crippen molar-refractivity contribution in [1.82, 2.24) is 4.57 Å². The molecular weight excluding hydrogens is 246 g/mol. The molecule has 0 fully saturated rings. The van der Waals surface area contributed by atoms with Gasteiger partial charge in [-0.1, -0.05) is 0 Å². The minimum atomic E-state index is -0.480. The summed E-state index contributed by atoms with van der Waals surface area (Å²) in [6.07, 6.45) is -1.36. The molecule has 1 heterocycles. The van der Waals surface area contributed by atoms with E-state index in [9.17, 15) is 15.3 Å². The van der Waals surface area contributed by atoms with E-state index in [4.69, 9.17) is 0 Å². The van der Waals surface area contributed by atoms with Gasteiger partial charge in [0.05, 0.1) is 24.9 Å². The van der Waals surface area contributed by atoms with Gasteiger partial charge in [0.25, 0.3) is 0 Å². The maximum absolute atomic E-state index is 9.55. The summed E-state index contributed by atoms with van der Waals surface area (Å²) in [6, 6.07) is 3.77. The van der Waals surface area contributed by atoms with Gasteiger partial charge in [0.1, 0.15) is 11.6 Å². The Balaban J connectivity index is 2.78. The molecule has 0 aromatic carbocycles. The van der Waals surface area contributed by atoms with Crippen LogP contribution in [-0.4, -0.2) is 51.3 Å². The molecule has 19 heavy (non-hydrogen) atoms. The van der Waals surface area contributed by atoms with E-state index < -0.39 is 18.3 Å². The van der Waals surface area contributed by atoms with Crippen LogP contribution in [0.2, 0.25) is 0 Å². The third-order valence-corrected chi connectivity index (χ3v) is 2.58. The normalized spacial score (nSPS) is 15.9. The van der Waals surface area contributed by atoms with Crippen LogP contribution < -0.4 is 10.6 Å². The first-order chi connectivity index (χ1) is 8.90. The van der Waals surface area contributed by atoms with Crippen molar-refractivity contribution in [3.63, 3.8) is 0 Å². The van der Waals surface area contributed by atoms with Crippen LogP contribution in [0.3, 0.4) is 0 Å². The van der Waals surface area contributed by atoms with E-state index in [1.54, 1.807) is 20.8 Å². The standard InChI is InChI=1S/C13H25N3O3/c1-9(17)6-14-12-4-5-13(15-7-10(2)18)16(12)8-11(3)19/h4-5,9-11,14-15,17-19H,6-8H2,1-3H3. The van der Waals surface area contributed by atoms with Gasteiger partial charge in [0.15, 0.2) is 0 Å². The van der Waals surface area contributed by atoms with Crippen molar-refractivity contribution in [2.75, 3.05) is 23.7 Å². The molecule has 3 unspecified atom stereocenters. The molecule has 0 saturated heterocycles. The fraction of sp³-hybridized carbons (Fsp3) is 0.692. The molecule has 110 valence electrons. The lowest BCUT2D eigenvalue weighted by atomic mass is 10.4. The minimum absolute atomic E-state index is 0.441. The summed E-state index contributed by atoms with van der Waals surface area (Å²) < 4.78 is 1.90. The van der Waals surface area contributed by atoms with Crippen LogP contribution in [-0.2, 0) is 6.54 Å². The van der Waals surface area contributed by atoms with Gasteiger partial charge in [-0.2, -0.15) is 0 Å². The molecule has 6 nitrogen and oxygen atoms in total. The quantitative estimate of drug-likeness (QED) is 0.474. The molecule has 0 saturated carbocycles. The Morgan fingerprint density at radius 3 is 1.63 bits per heavy atom. The number of aromatic nitrogens is 1. The molecular formula is C13H25N3O3. The molecule has 1 aromatic rings. The van der Waals surface area contributed by atoms with Gasteiger partial charge >= 0.3 is 0 Å². The van der Waals surface area contributed by atoms with E-state index in [2.05, 4.69) is 10.6 Å².